The summed E-state index contributed by atoms with van der Waals surface area (Å²) in [5.74, 6) is 0. The molecule has 2 aromatic rings. The minimum Gasteiger partial charge on any atom is -0.381 e. The number of nitrogens with zero attached hydrogens (tertiary/aromatic N) is 3. The highest BCUT2D eigenvalue weighted by atomic mass is 79.9. The van der Waals surface area contributed by atoms with Gasteiger partial charge in [0.15, 0.2) is 0 Å². The van der Waals surface area contributed by atoms with E-state index in [1.54, 1.807) is 0 Å². The van der Waals surface area contributed by atoms with E-state index in [9.17, 15) is 0 Å². The fourth-order valence-corrected chi connectivity index (χ4v) is 3.89. The molecule has 1 aromatic carbocycles. The highest BCUT2D eigenvalue weighted by Crippen LogP contribution is 2.31. The summed E-state index contributed by atoms with van der Waals surface area (Å²) in [6, 6.07) is 6.33. The molecule has 3 rings (SSSR count). The summed E-state index contributed by atoms with van der Waals surface area (Å²) >= 11 is 9.82. The Morgan fingerprint density at radius 2 is 2.04 bits per heavy atom. The fraction of sp³-hybridized carbons (Fsp3) is 0.471. The van der Waals surface area contributed by atoms with Crippen LogP contribution in [0, 0.1) is 0 Å². The van der Waals surface area contributed by atoms with Crippen molar-refractivity contribution in [3.63, 3.8) is 0 Å². The van der Waals surface area contributed by atoms with Gasteiger partial charge in [-0.2, -0.15) is 0 Å². The van der Waals surface area contributed by atoms with Crippen LogP contribution in [0.3, 0.4) is 0 Å². The number of nitrogens with one attached hydrogen (secondary N) is 1. The van der Waals surface area contributed by atoms with Gasteiger partial charge in [0.05, 0.1) is 10.5 Å². The van der Waals surface area contributed by atoms with E-state index in [0.717, 1.165) is 53.8 Å². The SMILES string of the molecule is CC(CN1CCN(C)CC1)Nc1ccnc2c(Cl)cc(Br)cc12. The van der Waals surface area contributed by atoms with Crippen LogP contribution in [0.1, 0.15) is 6.92 Å². The Hall–Kier alpha value is -0.880. The Labute approximate surface area is 150 Å². The highest BCUT2D eigenvalue weighted by Gasteiger charge is 2.16. The number of piperazine rings is 1. The number of benzene rings is 1. The first kappa shape index (κ1) is 17.0. The molecule has 1 aliphatic heterocycles. The summed E-state index contributed by atoms with van der Waals surface area (Å²) in [6.45, 7) is 7.83. The van der Waals surface area contributed by atoms with E-state index in [-0.39, 0.29) is 0 Å². The van der Waals surface area contributed by atoms with Crippen LogP contribution in [0.4, 0.5) is 5.69 Å². The van der Waals surface area contributed by atoms with E-state index in [2.05, 4.69) is 56.1 Å². The van der Waals surface area contributed by atoms with Crippen LogP contribution in [0.2, 0.25) is 5.02 Å². The summed E-state index contributed by atoms with van der Waals surface area (Å²) in [5, 5.41) is 5.35. The van der Waals surface area contributed by atoms with Crippen LogP contribution in [0.5, 0.6) is 0 Å². The van der Waals surface area contributed by atoms with Gasteiger partial charge in [-0.1, -0.05) is 27.5 Å². The van der Waals surface area contributed by atoms with Crippen molar-refractivity contribution in [1.29, 1.82) is 0 Å². The number of pyridine rings is 1. The normalized spacial score (nSPS) is 18.3. The predicted octanol–water partition coefficient (Wildman–Crippen LogP) is 3.70. The van der Waals surface area contributed by atoms with E-state index in [4.69, 9.17) is 11.6 Å². The lowest BCUT2D eigenvalue weighted by molar-refractivity contribution is 0.151. The third-order valence-electron chi connectivity index (χ3n) is 4.29. The minimum absolute atomic E-state index is 0.363. The zero-order valence-electron chi connectivity index (χ0n) is 13.5. The second kappa shape index (κ2) is 7.34. The topological polar surface area (TPSA) is 31.4 Å². The molecule has 124 valence electrons. The summed E-state index contributed by atoms with van der Waals surface area (Å²) < 4.78 is 0.970. The number of anilines is 1. The average Bonchev–Trinajstić information content (AvgIpc) is 2.50. The third-order valence-corrected chi connectivity index (χ3v) is 5.04. The van der Waals surface area contributed by atoms with Gasteiger partial charge in [-0.15, -0.1) is 0 Å². The van der Waals surface area contributed by atoms with Crippen molar-refractivity contribution in [2.75, 3.05) is 45.1 Å². The van der Waals surface area contributed by atoms with Crippen LogP contribution < -0.4 is 5.32 Å². The molecule has 1 unspecified atom stereocenters. The molecule has 1 aromatic heterocycles. The summed E-state index contributed by atoms with van der Waals surface area (Å²) in [5.41, 5.74) is 1.92. The van der Waals surface area contributed by atoms with Crippen molar-refractivity contribution in [1.82, 2.24) is 14.8 Å². The number of rotatable bonds is 4. The molecule has 1 aliphatic rings. The van der Waals surface area contributed by atoms with Gasteiger partial charge in [-0.3, -0.25) is 9.88 Å². The van der Waals surface area contributed by atoms with Crippen molar-refractivity contribution in [2.45, 2.75) is 13.0 Å². The number of halogens is 2. The predicted molar refractivity (Wildman–Crippen MR) is 101 cm³/mol. The maximum atomic E-state index is 6.31. The van der Waals surface area contributed by atoms with Crippen LogP contribution in [-0.2, 0) is 0 Å². The van der Waals surface area contributed by atoms with Crippen LogP contribution in [-0.4, -0.2) is 60.6 Å². The van der Waals surface area contributed by atoms with Gasteiger partial charge in [-0.25, -0.2) is 0 Å². The zero-order valence-corrected chi connectivity index (χ0v) is 15.9. The average molecular weight is 398 g/mol. The second-order valence-electron chi connectivity index (χ2n) is 6.29. The molecule has 0 spiro atoms. The molecule has 0 radical (unpaired) electrons. The number of fused-ring (bicyclic) bond motifs is 1. The van der Waals surface area contributed by atoms with E-state index >= 15 is 0 Å². The molecule has 1 saturated heterocycles. The van der Waals surface area contributed by atoms with Crippen LogP contribution >= 0.6 is 27.5 Å². The van der Waals surface area contributed by atoms with Gasteiger partial charge in [0.25, 0.3) is 0 Å². The number of likely N-dealkylation sites (N-methyl/N-ethyl adjacent to an activating group) is 1. The summed E-state index contributed by atoms with van der Waals surface area (Å²) in [4.78, 5) is 9.30. The van der Waals surface area contributed by atoms with E-state index in [1.807, 2.05) is 18.3 Å². The number of aromatic nitrogens is 1. The molecule has 0 bridgehead atoms. The van der Waals surface area contributed by atoms with Crippen molar-refractivity contribution in [2.24, 2.45) is 0 Å². The molecule has 0 aliphatic carbocycles. The minimum atomic E-state index is 0.363. The lowest BCUT2D eigenvalue weighted by atomic mass is 10.1. The zero-order chi connectivity index (χ0) is 16.4. The van der Waals surface area contributed by atoms with E-state index < -0.39 is 0 Å². The first-order valence-electron chi connectivity index (χ1n) is 7.94. The standard InChI is InChI=1S/C17H22BrClN4/c1-12(11-23-7-5-22(2)6-8-23)21-16-3-4-20-17-14(16)9-13(18)10-15(17)19/h3-4,9-10,12H,5-8,11H2,1-2H3,(H,20,21). The quantitative estimate of drug-likeness (QED) is 0.852. The molecule has 1 atom stereocenters. The molecule has 0 amide bonds. The smallest absolute Gasteiger partial charge is 0.0909 e. The van der Waals surface area contributed by atoms with Gasteiger partial charge in [0.1, 0.15) is 0 Å². The Bertz CT molecular complexity index is 686. The largest absolute Gasteiger partial charge is 0.381 e. The number of hydrogen-bond donors (Lipinski definition) is 1. The summed E-state index contributed by atoms with van der Waals surface area (Å²) in [6.07, 6.45) is 1.81. The Morgan fingerprint density at radius 3 is 2.78 bits per heavy atom. The molecule has 4 nitrogen and oxygen atoms in total. The van der Waals surface area contributed by atoms with Gasteiger partial charge in [0.2, 0.25) is 0 Å². The first-order valence-corrected chi connectivity index (χ1v) is 9.11. The molecule has 6 heteroatoms. The van der Waals surface area contributed by atoms with E-state index in [1.165, 1.54) is 0 Å². The fourth-order valence-electron chi connectivity index (χ4n) is 3.03. The lowest BCUT2D eigenvalue weighted by Crippen LogP contribution is -2.47. The molecule has 1 fully saturated rings. The molecular weight excluding hydrogens is 376 g/mol. The summed E-state index contributed by atoms with van der Waals surface area (Å²) in [7, 11) is 2.18. The lowest BCUT2D eigenvalue weighted by Gasteiger charge is -2.34. The molecule has 23 heavy (non-hydrogen) atoms. The van der Waals surface area contributed by atoms with Crippen LogP contribution in [0.25, 0.3) is 10.9 Å². The van der Waals surface area contributed by atoms with Crippen LogP contribution in [0.15, 0.2) is 28.9 Å². The maximum absolute atomic E-state index is 6.31. The van der Waals surface area contributed by atoms with Crippen molar-refractivity contribution >= 4 is 44.1 Å². The van der Waals surface area contributed by atoms with Gasteiger partial charge < -0.3 is 10.2 Å². The molecule has 0 saturated carbocycles. The highest BCUT2D eigenvalue weighted by molar-refractivity contribution is 9.10. The van der Waals surface area contributed by atoms with Crippen molar-refractivity contribution in [3.8, 4) is 0 Å². The second-order valence-corrected chi connectivity index (χ2v) is 7.61. The third kappa shape index (κ3) is 4.15. The Balaban J connectivity index is 1.73. The number of hydrogen-bond acceptors (Lipinski definition) is 4. The van der Waals surface area contributed by atoms with Crippen molar-refractivity contribution < 1.29 is 0 Å². The Kier molecular flexibility index (Phi) is 5.42. The van der Waals surface area contributed by atoms with E-state index in [0.29, 0.717) is 11.1 Å². The first-order chi connectivity index (χ1) is 11.0. The molecule has 1 N–H and O–H groups in total. The Morgan fingerprint density at radius 1 is 1.30 bits per heavy atom. The maximum Gasteiger partial charge on any atom is 0.0909 e. The molecule has 2 heterocycles. The van der Waals surface area contributed by atoms with Gasteiger partial charge in [-0.05, 0) is 32.2 Å². The van der Waals surface area contributed by atoms with Gasteiger partial charge in [0, 0.05) is 60.5 Å². The van der Waals surface area contributed by atoms with Crippen molar-refractivity contribution in [3.05, 3.63) is 33.9 Å². The monoisotopic (exact) mass is 396 g/mol. The molecular formula is C17H22BrClN4. The van der Waals surface area contributed by atoms with Gasteiger partial charge >= 0.3 is 0 Å².